The molecule has 1 atom stereocenters. The smallest absolute Gasteiger partial charge is 0.0135 e. The van der Waals surface area contributed by atoms with Crippen LogP contribution in [0.3, 0.4) is 0 Å². The summed E-state index contributed by atoms with van der Waals surface area (Å²) in [5.41, 5.74) is 6.91. The van der Waals surface area contributed by atoms with E-state index in [4.69, 9.17) is 5.73 Å². The molecule has 0 saturated carbocycles. The van der Waals surface area contributed by atoms with Crippen LogP contribution in [0.5, 0.6) is 0 Å². The van der Waals surface area contributed by atoms with Crippen LogP contribution in [0.15, 0.2) is 23.9 Å². The molecular weight excluding hydrogens is 158 g/mol. The second-order valence-corrected chi connectivity index (χ2v) is 4.64. The second-order valence-electron chi connectivity index (χ2n) is 4.64. The lowest BCUT2D eigenvalue weighted by Gasteiger charge is -2.18. The third kappa shape index (κ3) is 5.51. The molecule has 1 unspecified atom stereocenters. The van der Waals surface area contributed by atoms with Gasteiger partial charge in [0.15, 0.2) is 0 Å². The normalized spacial score (nSPS) is 16.5. The molecule has 0 aromatic heterocycles. The molecule has 0 amide bonds. The van der Waals surface area contributed by atoms with Crippen molar-refractivity contribution in [3.8, 4) is 0 Å². The van der Waals surface area contributed by atoms with E-state index in [1.165, 1.54) is 6.42 Å². The molecule has 0 aliphatic rings. The van der Waals surface area contributed by atoms with Gasteiger partial charge in [-0.1, -0.05) is 53.2 Å². The Balaban J connectivity index is 4.19. The molecule has 0 aromatic carbocycles. The predicted molar refractivity (Wildman–Crippen MR) is 60.3 cm³/mol. The number of allylic oxidation sites excluding steroid dienone is 4. The Morgan fingerprint density at radius 3 is 2.31 bits per heavy atom. The lowest BCUT2D eigenvalue weighted by molar-refractivity contribution is 0.497. The summed E-state index contributed by atoms with van der Waals surface area (Å²) in [6, 6.07) is 0. The van der Waals surface area contributed by atoms with Crippen LogP contribution >= 0.6 is 0 Å². The van der Waals surface area contributed by atoms with Crippen LogP contribution in [-0.4, -0.2) is 0 Å². The molecule has 76 valence electrons. The van der Waals surface area contributed by atoms with Gasteiger partial charge in [0.2, 0.25) is 0 Å². The van der Waals surface area contributed by atoms with E-state index in [0.717, 1.165) is 5.70 Å². The highest BCUT2D eigenvalue weighted by Gasteiger charge is 2.11. The minimum atomic E-state index is 0.0831. The Bertz CT molecular complexity index is 194. The summed E-state index contributed by atoms with van der Waals surface area (Å²) in [7, 11) is 0. The van der Waals surface area contributed by atoms with Gasteiger partial charge in [-0.15, -0.1) is 0 Å². The third-order valence-electron chi connectivity index (χ3n) is 2.23. The minimum Gasteiger partial charge on any atom is -0.402 e. The van der Waals surface area contributed by atoms with E-state index in [1.54, 1.807) is 0 Å². The summed E-state index contributed by atoms with van der Waals surface area (Å²) in [5.74, 6) is 0.643. The van der Waals surface area contributed by atoms with Crippen molar-refractivity contribution in [1.82, 2.24) is 0 Å². The zero-order valence-corrected chi connectivity index (χ0v) is 9.59. The van der Waals surface area contributed by atoms with E-state index in [0.29, 0.717) is 5.92 Å². The Kier molecular flexibility index (Phi) is 4.82. The summed E-state index contributed by atoms with van der Waals surface area (Å²) in [6.45, 7) is 10.8. The highest BCUT2D eigenvalue weighted by atomic mass is 14.6. The zero-order valence-electron chi connectivity index (χ0n) is 9.59. The number of nitrogens with two attached hydrogens (primary N) is 1. The van der Waals surface area contributed by atoms with Gasteiger partial charge in [-0.2, -0.15) is 0 Å². The maximum absolute atomic E-state index is 5.89. The van der Waals surface area contributed by atoms with Gasteiger partial charge in [0.05, 0.1) is 0 Å². The van der Waals surface area contributed by atoms with E-state index >= 15 is 0 Å². The topological polar surface area (TPSA) is 26.0 Å². The molecule has 0 heterocycles. The maximum atomic E-state index is 5.89. The minimum absolute atomic E-state index is 0.0831. The summed E-state index contributed by atoms with van der Waals surface area (Å²) in [6.07, 6.45) is 7.44. The molecule has 0 aromatic rings. The number of hydrogen-bond donors (Lipinski definition) is 1. The van der Waals surface area contributed by atoms with Crippen molar-refractivity contribution in [2.45, 2.75) is 41.0 Å². The highest BCUT2D eigenvalue weighted by Crippen LogP contribution is 2.20. The van der Waals surface area contributed by atoms with Crippen LogP contribution in [0.4, 0.5) is 0 Å². The first-order chi connectivity index (χ1) is 5.88. The van der Waals surface area contributed by atoms with Crippen molar-refractivity contribution in [2.24, 2.45) is 17.1 Å². The molecule has 0 spiro atoms. The molecule has 1 nitrogen and oxygen atoms in total. The van der Waals surface area contributed by atoms with Gasteiger partial charge in [-0.25, -0.2) is 0 Å². The average molecular weight is 181 g/mol. The summed E-state index contributed by atoms with van der Waals surface area (Å²) in [4.78, 5) is 0. The van der Waals surface area contributed by atoms with Crippen molar-refractivity contribution in [1.29, 1.82) is 0 Å². The third-order valence-corrected chi connectivity index (χ3v) is 2.23. The highest BCUT2D eigenvalue weighted by molar-refractivity contribution is 5.15. The predicted octanol–water partition coefficient (Wildman–Crippen LogP) is 3.48. The summed E-state index contributed by atoms with van der Waals surface area (Å²) in [5, 5.41) is 0. The first kappa shape index (κ1) is 12.3. The second kappa shape index (κ2) is 5.11. The largest absolute Gasteiger partial charge is 0.402 e. The molecule has 13 heavy (non-hydrogen) atoms. The van der Waals surface area contributed by atoms with Crippen LogP contribution in [0.2, 0.25) is 0 Å². The van der Waals surface area contributed by atoms with E-state index in [9.17, 15) is 0 Å². The van der Waals surface area contributed by atoms with Crippen LogP contribution in [0.1, 0.15) is 41.0 Å². The number of hydrogen-bond acceptors (Lipinski definition) is 1. The molecule has 0 saturated heterocycles. The fourth-order valence-corrected chi connectivity index (χ4v) is 0.735. The van der Waals surface area contributed by atoms with Crippen molar-refractivity contribution in [3.05, 3.63) is 23.9 Å². The first-order valence-corrected chi connectivity index (χ1v) is 5.02. The van der Waals surface area contributed by atoms with Crippen LogP contribution < -0.4 is 5.73 Å². The molecule has 1 heteroatoms. The van der Waals surface area contributed by atoms with Crippen LogP contribution in [-0.2, 0) is 0 Å². The molecule has 0 fully saturated rings. The molecular formula is C12H23N. The number of rotatable bonds is 3. The van der Waals surface area contributed by atoms with Crippen LogP contribution in [0, 0.1) is 11.3 Å². The van der Waals surface area contributed by atoms with Crippen LogP contribution in [0.25, 0.3) is 0 Å². The van der Waals surface area contributed by atoms with Crippen molar-refractivity contribution in [2.75, 3.05) is 0 Å². The maximum Gasteiger partial charge on any atom is 0.0135 e. The van der Waals surface area contributed by atoms with E-state index in [2.05, 4.69) is 46.8 Å². The fraction of sp³-hybridized carbons (Fsp3) is 0.667. The van der Waals surface area contributed by atoms with Gasteiger partial charge in [0, 0.05) is 11.1 Å². The quantitative estimate of drug-likeness (QED) is 0.663. The van der Waals surface area contributed by atoms with Crippen molar-refractivity contribution in [3.63, 3.8) is 0 Å². The Morgan fingerprint density at radius 1 is 1.38 bits per heavy atom. The molecule has 0 rings (SSSR count). The van der Waals surface area contributed by atoms with Gasteiger partial charge >= 0.3 is 0 Å². The Hall–Kier alpha value is -0.720. The molecule has 0 aliphatic heterocycles. The summed E-state index contributed by atoms with van der Waals surface area (Å²) < 4.78 is 0. The van der Waals surface area contributed by atoms with E-state index < -0.39 is 0 Å². The molecule has 2 N–H and O–H groups in total. The van der Waals surface area contributed by atoms with Crippen molar-refractivity contribution >= 4 is 0 Å². The SMILES string of the molecule is CCC(C)/C=C\C=C(/N)C(C)(C)C. The zero-order chi connectivity index (χ0) is 10.5. The molecule has 0 aliphatic carbocycles. The van der Waals surface area contributed by atoms with Gasteiger partial charge in [-0.3, -0.25) is 0 Å². The molecule has 0 radical (unpaired) electrons. The Morgan fingerprint density at radius 2 is 1.92 bits per heavy atom. The average Bonchev–Trinajstić information content (AvgIpc) is 2.02. The van der Waals surface area contributed by atoms with E-state index in [1.807, 2.05) is 6.08 Å². The fourth-order valence-electron chi connectivity index (χ4n) is 0.735. The summed E-state index contributed by atoms with van der Waals surface area (Å²) >= 11 is 0. The van der Waals surface area contributed by atoms with Gasteiger partial charge in [0.25, 0.3) is 0 Å². The van der Waals surface area contributed by atoms with Gasteiger partial charge in [0.1, 0.15) is 0 Å². The standard InChI is InChI=1S/C12H23N/c1-6-10(2)8-7-9-11(13)12(3,4)5/h7-10H,6,13H2,1-5H3/b8-7-,11-9-. The van der Waals surface area contributed by atoms with Gasteiger partial charge in [-0.05, 0) is 12.0 Å². The van der Waals surface area contributed by atoms with E-state index in [-0.39, 0.29) is 5.41 Å². The molecule has 0 bridgehead atoms. The lowest BCUT2D eigenvalue weighted by atomic mass is 9.92. The van der Waals surface area contributed by atoms with Crippen molar-refractivity contribution < 1.29 is 0 Å². The lowest BCUT2D eigenvalue weighted by Crippen LogP contribution is -2.16. The monoisotopic (exact) mass is 181 g/mol. The Labute approximate surface area is 82.7 Å². The first-order valence-electron chi connectivity index (χ1n) is 5.02. The van der Waals surface area contributed by atoms with Gasteiger partial charge < -0.3 is 5.73 Å².